The van der Waals surface area contributed by atoms with E-state index in [1.54, 1.807) is 36.4 Å². The Morgan fingerprint density at radius 2 is 1.93 bits per heavy atom. The van der Waals surface area contributed by atoms with E-state index in [0.717, 1.165) is 19.5 Å². The molecular formula is C20H25Cl2N5O2. The second kappa shape index (κ2) is 10.4. The minimum absolute atomic E-state index is 0. The van der Waals surface area contributed by atoms with Crippen LogP contribution in [0.25, 0.3) is 0 Å². The molecule has 2 aromatic rings. The lowest BCUT2D eigenvalue weighted by molar-refractivity contribution is 0.102. The third-order valence-corrected chi connectivity index (χ3v) is 4.90. The molecule has 0 spiro atoms. The molecule has 0 saturated carbocycles. The molecule has 156 valence electrons. The fraction of sp³-hybridized carbons (Fsp3) is 0.350. The summed E-state index contributed by atoms with van der Waals surface area (Å²) >= 11 is 5.81. The van der Waals surface area contributed by atoms with Gasteiger partial charge in [0.2, 0.25) is 0 Å². The molecule has 1 aromatic carbocycles. The van der Waals surface area contributed by atoms with Crippen LogP contribution in [0.15, 0.2) is 42.6 Å². The van der Waals surface area contributed by atoms with E-state index in [0.29, 0.717) is 28.1 Å². The lowest BCUT2D eigenvalue weighted by Gasteiger charge is -2.20. The minimum atomic E-state index is -0.363. The monoisotopic (exact) mass is 437 g/mol. The zero-order chi connectivity index (χ0) is 20.1. The number of hydrogen-bond donors (Lipinski definition) is 3. The van der Waals surface area contributed by atoms with Gasteiger partial charge in [-0.2, -0.15) is 0 Å². The highest BCUT2D eigenvalue weighted by Gasteiger charge is 2.25. The second-order valence-electron chi connectivity index (χ2n) is 7.03. The number of urea groups is 1. The summed E-state index contributed by atoms with van der Waals surface area (Å²) < 4.78 is 0. The van der Waals surface area contributed by atoms with Crippen molar-refractivity contribution in [1.82, 2.24) is 15.2 Å². The Morgan fingerprint density at radius 3 is 2.59 bits per heavy atom. The van der Waals surface area contributed by atoms with Crippen LogP contribution in [0.4, 0.5) is 16.3 Å². The van der Waals surface area contributed by atoms with Crippen molar-refractivity contribution in [3.05, 3.63) is 53.2 Å². The number of amides is 3. The molecule has 7 nitrogen and oxygen atoms in total. The molecule has 0 bridgehead atoms. The molecule has 1 aliphatic rings. The first-order valence-corrected chi connectivity index (χ1v) is 9.63. The standard InChI is InChI=1S/C20H24ClN5O2.ClH/c1-13(2)26-10-9-15(12-26)23-20(28)24-17-6-4-3-5-16(17)19(27)25-18-8-7-14(21)11-22-18;/h3-8,11,13,15H,9-10,12H2,1-2H3,(H,22,25,27)(H2,23,24,28);1H/t15-;/m1./s1. The van der Waals surface area contributed by atoms with Gasteiger partial charge in [-0.3, -0.25) is 9.69 Å². The number of hydrogen-bond acceptors (Lipinski definition) is 4. The summed E-state index contributed by atoms with van der Waals surface area (Å²) in [6.07, 6.45) is 2.37. The number of benzene rings is 1. The van der Waals surface area contributed by atoms with Crippen LogP contribution in [0, 0.1) is 0 Å². The predicted octanol–water partition coefficient (Wildman–Crippen LogP) is 4.01. The SMILES string of the molecule is CC(C)N1CC[C@@H](NC(=O)Nc2ccccc2C(=O)Nc2ccc(Cl)cn2)C1.Cl. The number of pyridine rings is 1. The van der Waals surface area contributed by atoms with Crippen LogP contribution < -0.4 is 16.0 Å². The molecule has 0 radical (unpaired) electrons. The summed E-state index contributed by atoms with van der Waals surface area (Å²) in [7, 11) is 0. The van der Waals surface area contributed by atoms with Crippen LogP contribution in [0.5, 0.6) is 0 Å². The smallest absolute Gasteiger partial charge is 0.319 e. The molecule has 3 amide bonds. The third-order valence-electron chi connectivity index (χ3n) is 4.67. The van der Waals surface area contributed by atoms with E-state index in [1.807, 2.05) is 0 Å². The summed E-state index contributed by atoms with van der Waals surface area (Å²) in [6.45, 7) is 6.09. The van der Waals surface area contributed by atoms with E-state index in [1.165, 1.54) is 6.20 Å². The molecule has 9 heteroatoms. The summed E-state index contributed by atoms with van der Waals surface area (Å²) in [6, 6.07) is 10.3. The number of nitrogens with zero attached hydrogens (tertiary/aromatic N) is 2. The van der Waals surface area contributed by atoms with Crippen molar-refractivity contribution >= 4 is 47.5 Å². The first-order valence-electron chi connectivity index (χ1n) is 9.26. The highest BCUT2D eigenvalue weighted by molar-refractivity contribution is 6.30. The zero-order valence-corrected chi connectivity index (χ0v) is 17.9. The second-order valence-corrected chi connectivity index (χ2v) is 7.47. The molecule has 29 heavy (non-hydrogen) atoms. The summed E-state index contributed by atoms with van der Waals surface area (Å²) in [4.78, 5) is 31.4. The Balaban J connectivity index is 0.00000300. The van der Waals surface area contributed by atoms with Gasteiger partial charge in [0.1, 0.15) is 5.82 Å². The summed E-state index contributed by atoms with van der Waals surface area (Å²) in [5.41, 5.74) is 0.787. The van der Waals surface area contributed by atoms with Crippen LogP contribution in [-0.4, -0.2) is 47.0 Å². The topological polar surface area (TPSA) is 86.4 Å². The van der Waals surface area contributed by atoms with Gasteiger partial charge in [-0.15, -0.1) is 12.4 Å². The van der Waals surface area contributed by atoms with Gasteiger partial charge in [0.25, 0.3) is 5.91 Å². The number of halogens is 2. The van der Waals surface area contributed by atoms with Gasteiger partial charge in [-0.05, 0) is 44.5 Å². The maximum absolute atomic E-state index is 12.6. The number of para-hydroxylation sites is 1. The third kappa shape index (κ3) is 6.32. The number of carbonyl (C=O) groups excluding carboxylic acids is 2. The minimum Gasteiger partial charge on any atom is -0.334 e. The summed E-state index contributed by atoms with van der Waals surface area (Å²) in [5, 5.41) is 8.96. The van der Waals surface area contributed by atoms with Crippen molar-refractivity contribution in [3.63, 3.8) is 0 Å². The van der Waals surface area contributed by atoms with E-state index < -0.39 is 0 Å². The summed E-state index contributed by atoms with van der Waals surface area (Å²) in [5.74, 6) is 0.0194. The lowest BCUT2D eigenvalue weighted by atomic mass is 10.1. The Kier molecular flexibility index (Phi) is 8.25. The Bertz CT molecular complexity index is 845. The molecule has 1 aliphatic heterocycles. The van der Waals surface area contributed by atoms with Gasteiger partial charge < -0.3 is 16.0 Å². The Hall–Kier alpha value is -2.35. The van der Waals surface area contributed by atoms with Gasteiger partial charge in [0.05, 0.1) is 16.3 Å². The molecule has 1 aromatic heterocycles. The molecule has 1 atom stereocenters. The molecule has 3 rings (SSSR count). The van der Waals surface area contributed by atoms with Crippen molar-refractivity contribution in [2.75, 3.05) is 23.7 Å². The molecule has 3 N–H and O–H groups in total. The van der Waals surface area contributed by atoms with Crippen LogP contribution in [0.3, 0.4) is 0 Å². The molecule has 1 saturated heterocycles. The molecule has 0 aliphatic carbocycles. The van der Waals surface area contributed by atoms with E-state index in [9.17, 15) is 9.59 Å². The number of nitrogens with one attached hydrogen (secondary N) is 3. The Morgan fingerprint density at radius 1 is 1.17 bits per heavy atom. The fourth-order valence-corrected chi connectivity index (χ4v) is 3.25. The van der Waals surface area contributed by atoms with Crippen molar-refractivity contribution in [3.8, 4) is 0 Å². The van der Waals surface area contributed by atoms with Crippen molar-refractivity contribution in [1.29, 1.82) is 0 Å². The van der Waals surface area contributed by atoms with Crippen LogP contribution in [-0.2, 0) is 0 Å². The number of anilines is 2. The quantitative estimate of drug-likeness (QED) is 0.659. The maximum Gasteiger partial charge on any atom is 0.319 e. The van der Waals surface area contributed by atoms with E-state index >= 15 is 0 Å². The van der Waals surface area contributed by atoms with Gasteiger partial charge in [0, 0.05) is 31.4 Å². The highest BCUT2D eigenvalue weighted by atomic mass is 35.5. The van der Waals surface area contributed by atoms with Gasteiger partial charge in [0.15, 0.2) is 0 Å². The van der Waals surface area contributed by atoms with Crippen molar-refractivity contribution in [2.45, 2.75) is 32.4 Å². The van der Waals surface area contributed by atoms with E-state index in [4.69, 9.17) is 11.6 Å². The number of aromatic nitrogens is 1. The highest BCUT2D eigenvalue weighted by Crippen LogP contribution is 2.18. The zero-order valence-electron chi connectivity index (χ0n) is 16.3. The first kappa shape index (κ1) is 22.9. The van der Waals surface area contributed by atoms with Crippen LogP contribution in [0.1, 0.15) is 30.6 Å². The van der Waals surface area contributed by atoms with Crippen molar-refractivity contribution in [2.24, 2.45) is 0 Å². The van der Waals surface area contributed by atoms with Gasteiger partial charge in [-0.25, -0.2) is 9.78 Å². The number of likely N-dealkylation sites (tertiary alicyclic amines) is 1. The normalized spacial score (nSPS) is 16.2. The van der Waals surface area contributed by atoms with Gasteiger partial charge >= 0.3 is 6.03 Å². The maximum atomic E-state index is 12.6. The fourth-order valence-electron chi connectivity index (χ4n) is 3.14. The Labute approximate surface area is 181 Å². The van der Waals surface area contributed by atoms with E-state index in [2.05, 4.69) is 39.7 Å². The van der Waals surface area contributed by atoms with Gasteiger partial charge in [-0.1, -0.05) is 23.7 Å². The molecule has 2 heterocycles. The van der Waals surface area contributed by atoms with Crippen LogP contribution >= 0.6 is 24.0 Å². The molecule has 1 fully saturated rings. The average Bonchev–Trinajstić information content (AvgIpc) is 3.12. The molecule has 0 unspecified atom stereocenters. The molecular weight excluding hydrogens is 413 g/mol. The first-order chi connectivity index (χ1) is 13.4. The van der Waals surface area contributed by atoms with Crippen LogP contribution in [0.2, 0.25) is 5.02 Å². The average molecular weight is 438 g/mol. The number of carbonyl (C=O) groups is 2. The predicted molar refractivity (Wildman–Crippen MR) is 118 cm³/mol. The number of rotatable bonds is 5. The lowest BCUT2D eigenvalue weighted by Crippen LogP contribution is -2.40. The largest absolute Gasteiger partial charge is 0.334 e. The van der Waals surface area contributed by atoms with Crippen molar-refractivity contribution < 1.29 is 9.59 Å². The van der Waals surface area contributed by atoms with E-state index in [-0.39, 0.29) is 30.4 Å².